The van der Waals surface area contributed by atoms with E-state index < -0.39 is 0 Å². The molecule has 0 spiro atoms. The predicted molar refractivity (Wildman–Crippen MR) is 118 cm³/mol. The van der Waals surface area contributed by atoms with Crippen LogP contribution >= 0.6 is 0 Å². The first kappa shape index (κ1) is 19.6. The van der Waals surface area contributed by atoms with Crippen molar-refractivity contribution in [3.05, 3.63) is 54.1 Å². The van der Waals surface area contributed by atoms with Gasteiger partial charge in [-0.15, -0.1) is 0 Å². The topological polar surface area (TPSA) is 44.8 Å². The number of hydrogen-bond donors (Lipinski definition) is 1. The SMILES string of the molecule is COc1cccc(N2CCC(NC(=O)CN3CCCCc4ccccc43)CC2)c1. The van der Waals surface area contributed by atoms with Crippen LogP contribution < -0.4 is 19.9 Å². The van der Waals surface area contributed by atoms with Crippen molar-refractivity contribution in [2.45, 2.75) is 38.1 Å². The zero-order valence-electron chi connectivity index (χ0n) is 17.3. The van der Waals surface area contributed by atoms with E-state index >= 15 is 0 Å². The van der Waals surface area contributed by atoms with E-state index in [4.69, 9.17) is 4.74 Å². The molecule has 0 aliphatic carbocycles. The second-order valence-corrected chi connectivity index (χ2v) is 8.04. The molecule has 0 unspecified atom stereocenters. The highest BCUT2D eigenvalue weighted by atomic mass is 16.5. The molecule has 2 aliphatic heterocycles. The molecule has 5 nitrogen and oxygen atoms in total. The molecule has 0 atom stereocenters. The van der Waals surface area contributed by atoms with Crippen LogP contribution in [-0.4, -0.2) is 45.2 Å². The van der Waals surface area contributed by atoms with Crippen molar-refractivity contribution in [3.8, 4) is 5.75 Å². The van der Waals surface area contributed by atoms with Gasteiger partial charge in [0.25, 0.3) is 0 Å². The molecule has 2 aromatic rings. The number of hydrogen-bond acceptors (Lipinski definition) is 4. The smallest absolute Gasteiger partial charge is 0.239 e. The van der Waals surface area contributed by atoms with Crippen molar-refractivity contribution in [3.63, 3.8) is 0 Å². The molecule has 0 aromatic heterocycles. The molecule has 0 saturated carbocycles. The number of rotatable bonds is 5. The average molecular weight is 394 g/mol. The Hall–Kier alpha value is -2.69. The second kappa shape index (κ2) is 9.21. The summed E-state index contributed by atoms with van der Waals surface area (Å²) in [4.78, 5) is 17.4. The average Bonchev–Trinajstić information content (AvgIpc) is 2.96. The number of piperidine rings is 1. The third-order valence-electron chi connectivity index (χ3n) is 6.07. The molecule has 0 bridgehead atoms. The van der Waals surface area contributed by atoms with Crippen LogP contribution in [0.25, 0.3) is 0 Å². The first-order chi connectivity index (χ1) is 14.2. The highest BCUT2D eigenvalue weighted by Gasteiger charge is 2.23. The molecule has 2 aromatic carbocycles. The Morgan fingerprint density at radius 3 is 2.72 bits per heavy atom. The molecule has 154 valence electrons. The number of nitrogens with one attached hydrogen (secondary N) is 1. The number of amides is 1. The molecule has 5 heteroatoms. The minimum atomic E-state index is 0.140. The first-order valence-corrected chi connectivity index (χ1v) is 10.7. The van der Waals surface area contributed by atoms with Gasteiger partial charge in [-0.05, 0) is 55.9 Å². The lowest BCUT2D eigenvalue weighted by Crippen LogP contribution is -2.47. The van der Waals surface area contributed by atoms with Gasteiger partial charge in [0, 0.05) is 43.1 Å². The maximum atomic E-state index is 12.8. The van der Waals surface area contributed by atoms with Gasteiger partial charge >= 0.3 is 0 Å². The zero-order valence-corrected chi connectivity index (χ0v) is 17.3. The summed E-state index contributed by atoms with van der Waals surface area (Å²) < 4.78 is 5.34. The van der Waals surface area contributed by atoms with Crippen molar-refractivity contribution in [2.75, 3.05) is 43.1 Å². The summed E-state index contributed by atoms with van der Waals surface area (Å²) in [6.45, 7) is 3.31. The second-order valence-electron chi connectivity index (χ2n) is 8.04. The molecule has 1 fully saturated rings. The number of nitrogens with zero attached hydrogens (tertiary/aromatic N) is 2. The summed E-state index contributed by atoms with van der Waals surface area (Å²) in [5, 5.41) is 3.28. The van der Waals surface area contributed by atoms with Gasteiger partial charge in [0.15, 0.2) is 0 Å². The number of ether oxygens (including phenoxy) is 1. The maximum absolute atomic E-state index is 12.8. The minimum Gasteiger partial charge on any atom is -0.497 e. The van der Waals surface area contributed by atoms with Crippen LogP contribution in [0.4, 0.5) is 11.4 Å². The Morgan fingerprint density at radius 1 is 1.07 bits per heavy atom. The van der Waals surface area contributed by atoms with Gasteiger partial charge in [0.2, 0.25) is 5.91 Å². The van der Waals surface area contributed by atoms with Crippen molar-refractivity contribution in [2.24, 2.45) is 0 Å². The first-order valence-electron chi connectivity index (χ1n) is 10.7. The Bertz CT molecular complexity index is 830. The van der Waals surface area contributed by atoms with E-state index in [2.05, 4.69) is 51.5 Å². The van der Waals surface area contributed by atoms with Gasteiger partial charge in [-0.2, -0.15) is 0 Å². The van der Waals surface area contributed by atoms with Gasteiger partial charge in [-0.3, -0.25) is 4.79 Å². The molecular weight excluding hydrogens is 362 g/mol. The summed E-state index contributed by atoms with van der Waals surface area (Å²) in [5.41, 5.74) is 3.78. The Kier molecular flexibility index (Phi) is 6.23. The lowest BCUT2D eigenvalue weighted by molar-refractivity contribution is -0.120. The van der Waals surface area contributed by atoms with Crippen molar-refractivity contribution in [1.29, 1.82) is 0 Å². The molecular formula is C24H31N3O2. The van der Waals surface area contributed by atoms with E-state index in [-0.39, 0.29) is 11.9 Å². The summed E-state index contributed by atoms with van der Waals surface area (Å²) in [7, 11) is 1.70. The number of benzene rings is 2. The largest absolute Gasteiger partial charge is 0.497 e. The van der Waals surface area contributed by atoms with Crippen molar-refractivity contribution >= 4 is 17.3 Å². The molecule has 1 amide bonds. The molecule has 29 heavy (non-hydrogen) atoms. The molecule has 4 rings (SSSR count). The highest BCUT2D eigenvalue weighted by molar-refractivity contribution is 5.82. The lowest BCUT2D eigenvalue weighted by Gasteiger charge is -2.34. The van der Waals surface area contributed by atoms with Gasteiger partial charge in [-0.1, -0.05) is 24.3 Å². The van der Waals surface area contributed by atoms with Gasteiger partial charge in [-0.25, -0.2) is 0 Å². The van der Waals surface area contributed by atoms with Crippen LogP contribution in [0.15, 0.2) is 48.5 Å². The van der Waals surface area contributed by atoms with Crippen LogP contribution in [0.3, 0.4) is 0 Å². The zero-order chi connectivity index (χ0) is 20.1. The number of methoxy groups -OCH3 is 1. The Morgan fingerprint density at radius 2 is 1.90 bits per heavy atom. The number of para-hydroxylation sites is 1. The van der Waals surface area contributed by atoms with E-state index in [0.29, 0.717) is 6.54 Å². The Labute approximate surface area is 173 Å². The number of anilines is 2. The number of aryl methyl sites for hydroxylation is 1. The van der Waals surface area contributed by atoms with Gasteiger partial charge in [0.1, 0.15) is 5.75 Å². The van der Waals surface area contributed by atoms with E-state index in [9.17, 15) is 4.79 Å². The van der Waals surface area contributed by atoms with Crippen LogP contribution in [-0.2, 0) is 11.2 Å². The van der Waals surface area contributed by atoms with Crippen LogP contribution in [0.2, 0.25) is 0 Å². The summed E-state index contributed by atoms with van der Waals surface area (Å²) >= 11 is 0. The minimum absolute atomic E-state index is 0.140. The van der Waals surface area contributed by atoms with E-state index in [1.54, 1.807) is 7.11 Å². The van der Waals surface area contributed by atoms with E-state index in [1.807, 2.05) is 12.1 Å². The normalized spacial score (nSPS) is 17.4. The number of carbonyl (C=O) groups is 1. The summed E-state index contributed by atoms with van der Waals surface area (Å²) in [5.74, 6) is 1.03. The fraction of sp³-hybridized carbons (Fsp3) is 0.458. The monoisotopic (exact) mass is 393 g/mol. The van der Waals surface area contributed by atoms with E-state index in [1.165, 1.54) is 23.4 Å². The van der Waals surface area contributed by atoms with Crippen LogP contribution in [0.5, 0.6) is 5.75 Å². The summed E-state index contributed by atoms with van der Waals surface area (Å²) in [6, 6.07) is 17.0. The number of carbonyl (C=O) groups excluding carboxylic acids is 1. The maximum Gasteiger partial charge on any atom is 0.239 e. The quantitative estimate of drug-likeness (QED) is 0.843. The Balaban J connectivity index is 1.30. The number of fused-ring (bicyclic) bond motifs is 1. The van der Waals surface area contributed by atoms with E-state index in [0.717, 1.165) is 51.1 Å². The summed E-state index contributed by atoms with van der Waals surface area (Å²) in [6.07, 6.45) is 5.38. The fourth-order valence-corrected chi connectivity index (χ4v) is 4.47. The molecule has 1 N–H and O–H groups in total. The molecule has 0 radical (unpaired) electrons. The fourth-order valence-electron chi connectivity index (χ4n) is 4.47. The van der Waals surface area contributed by atoms with Crippen LogP contribution in [0.1, 0.15) is 31.2 Å². The van der Waals surface area contributed by atoms with Gasteiger partial charge < -0.3 is 19.9 Å². The van der Waals surface area contributed by atoms with Crippen molar-refractivity contribution < 1.29 is 9.53 Å². The van der Waals surface area contributed by atoms with Gasteiger partial charge in [0.05, 0.1) is 13.7 Å². The third kappa shape index (κ3) is 4.84. The molecule has 2 heterocycles. The third-order valence-corrected chi connectivity index (χ3v) is 6.07. The predicted octanol–water partition coefficient (Wildman–Crippen LogP) is 3.62. The molecule has 2 aliphatic rings. The highest BCUT2D eigenvalue weighted by Crippen LogP contribution is 2.26. The standard InChI is InChI=1S/C24H31N3O2/c1-29-22-10-6-9-21(17-22)26-15-12-20(13-16-26)25-24(28)18-27-14-5-4-8-19-7-2-3-11-23(19)27/h2-3,6-7,9-11,17,20H,4-5,8,12-16,18H2,1H3,(H,25,28). The lowest BCUT2D eigenvalue weighted by atomic mass is 10.0. The van der Waals surface area contributed by atoms with Crippen LogP contribution in [0, 0.1) is 0 Å². The van der Waals surface area contributed by atoms with Crippen molar-refractivity contribution in [1.82, 2.24) is 5.32 Å². The molecule has 1 saturated heterocycles.